The van der Waals surface area contributed by atoms with E-state index in [1.54, 1.807) is 19.0 Å². The van der Waals surface area contributed by atoms with E-state index in [9.17, 15) is 38.4 Å². The quantitative estimate of drug-likeness (QED) is 0.0234. The minimum atomic E-state index is -1.27. The molecule has 0 aromatic heterocycles. The Labute approximate surface area is 403 Å². The molecule has 1 saturated carbocycles. The molecule has 0 aliphatic heterocycles. The Morgan fingerprint density at radius 3 is 1.88 bits per heavy atom. The molecule has 8 atom stereocenters. The smallest absolute Gasteiger partial charge is 0.252 e. The highest BCUT2D eigenvalue weighted by atomic mass is 16.2. The molecule has 1 aliphatic rings. The van der Waals surface area contributed by atoms with Crippen LogP contribution in [0.4, 0.5) is 0 Å². The van der Waals surface area contributed by atoms with Gasteiger partial charge in [0.1, 0.15) is 36.5 Å². The number of carbonyl (C=O) groups excluding carboxylic acids is 8. The molecule has 1 aromatic carbocycles. The maximum Gasteiger partial charge on any atom is 0.252 e. The Morgan fingerprint density at radius 2 is 1.32 bits per heavy atom. The number of aliphatic imine (C=N–C) groups is 1. The zero-order valence-electron chi connectivity index (χ0n) is 41.7. The van der Waals surface area contributed by atoms with Gasteiger partial charge in [-0.15, -0.1) is 0 Å². The fourth-order valence-electron chi connectivity index (χ4n) is 8.22. The van der Waals surface area contributed by atoms with Gasteiger partial charge in [0.25, 0.3) is 5.91 Å². The maximum absolute atomic E-state index is 14.3. The normalized spacial score (nSPS) is 16.4. The number of rotatable bonds is 29. The van der Waals surface area contributed by atoms with Crippen LogP contribution in [0.5, 0.6) is 0 Å². The van der Waals surface area contributed by atoms with Crippen LogP contribution in [0.1, 0.15) is 117 Å². The lowest BCUT2D eigenvalue weighted by atomic mass is 9.84. The van der Waals surface area contributed by atoms with Gasteiger partial charge in [-0.2, -0.15) is 0 Å². The third-order valence-electron chi connectivity index (χ3n) is 12.4. The van der Waals surface area contributed by atoms with Crippen molar-refractivity contribution in [2.24, 2.45) is 39.8 Å². The van der Waals surface area contributed by atoms with Gasteiger partial charge in [0.05, 0.1) is 18.1 Å². The number of imide groups is 1. The number of nitrogens with two attached hydrogens (primary N) is 4. The molecule has 2 rings (SSSR count). The molecule has 20 heteroatoms. The molecular weight excluding hydrogens is 873 g/mol. The standard InChI is InChI=1S/C48H82N12O8/c1-30(2)26-39(47(68)59(8)33(5)45(66)60(36(29-61)22-17-25-53-48(51)52)46(67)37(50)27-34-18-11-9-12-19-34)57-42(63)32(4)54-41(62)31(3)55-43(64)38(23-15-16-24-49)56-44(65)40(58(6)7)28-35-20-13-10-14-21-35/h10,13-14,20-21,29-34,36-40H,9,11-12,15-19,22-28,49-50H2,1-8H3,(H,54,62)(H,55,64)(H,56,65)(H,57,63)(H4,51,52,53)/t31-,32-,33-,36-,37-,38-,39-,40-/m0/s1. The molecule has 0 saturated heterocycles. The van der Waals surface area contributed by atoms with E-state index >= 15 is 0 Å². The molecule has 0 spiro atoms. The van der Waals surface area contributed by atoms with Gasteiger partial charge in [-0.1, -0.05) is 76.3 Å². The van der Waals surface area contributed by atoms with E-state index in [0.717, 1.165) is 47.5 Å². The molecular formula is C48H82N12O8. The summed E-state index contributed by atoms with van der Waals surface area (Å²) in [6.45, 7) is 8.54. The third-order valence-corrected chi connectivity index (χ3v) is 12.4. The van der Waals surface area contributed by atoms with E-state index in [4.69, 9.17) is 22.9 Å². The summed E-state index contributed by atoms with van der Waals surface area (Å²) in [6, 6.07) is 0.928. The molecule has 12 N–H and O–H groups in total. The van der Waals surface area contributed by atoms with Gasteiger partial charge in [0.2, 0.25) is 35.4 Å². The maximum atomic E-state index is 14.3. The van der Waals surface area contributed by atoms with Crippen molar-refractivity contribution >= 4 is 53.6 Å². The van der Waals surface area contributed by atoms with Crippen molar-refractivity contribution in [1.82, 2.24) is 36.0 Å². The van der Waals surface area contributed by atoms with Crippen LogP contribution >= 0.6 is 0 Å². The number of benzene rings is 1. The van der Waals surface area contributed by atoms with Crippen molar-refractivity contribution in [2.45, 2.75) is 166 Å². The summed E-state index contributed by atoms with van der Waals surface area (Å²) in [6.07, 6.45) is 8.11. The van der Waals surface area contributed by atoms with E-state index in [2.05, 4.69) is 26.3 Å². The first-order valence-electron chi connectivity index (χ1n) is 24.1. The lowest BCUT2D eigenvalue weighted by molar-refractivity contribution is -0.156. The van der Waals surface area contributed by atoms with Crippen LogP contribution in [0, 0.1) is 11.8 Å². The number of hydrogen-bond donors (Lipinski definition) is 8. The van der Waals surface area contributed by atoms with Crippen LogP contribution in [-0.4, -0.2) is 151 Å². The minimum absolute atomic E-state index is 0.0501. The molecule has 0 radical (unpaired) electrons. The number of aldehydes is 1. The molecule has 1 aliphatic carbocycles. The average Bonchev–Trinajstić information content (AvgIpc) is 3.30. The molecule has 1 fully saturated rings. The lowest BCUT2D eigenvalue weighted by Gasteiger charge is -2.36. The second kappa shape index (κ2) is 30.1. The van der Waals surface area contributed by atoms with Gasteiger partial charge in [-0.25, -0.2) is 0 Å². The van der Waals surface area contributed by atoms with E-state index in [1.165, 1.54) is 27.8 Å². The third kappa shape index (κ3) is 19.6. The summed E-state index contributed by atoms with van der Waals surface area (Å²) >= 11 is 0. The van der Waals surface area contributed by atoms with Gasteiger partial charge in [0.15, 0.2) is 5.96 Å². The first kappa shape index (κ1) is 58.7. The highest BCUT2D eigenvalue weighted by molar-refractivity contribution is 6.03. The Hall–Kier alpha value is -5.47. The lowest BCUT2D eigenvalue weighted by Crippen LogP contribution is -2.60. The van der Waals surface area contributed by atoms with Gasteiger partial charge in [-0.05, 0) is 110 Å². The predicted octanol–water partition coefficient (Wildman–Crippen LogP) is 0.434. The fourth-order valence-corrected chi connectivity index (χ4v) is 8.22. The number of amides is 7. The van der Waals surface area contributed by atoms with Crippen molar-refractivity contribution in [1.29, 1.82) is 0 Å². The van der Waals surface area contributed by atoms with Crippen LogP contribution in [0.15, 0.2) is 35.3 Å². The monoisotopic (exact) mass is 955 g/mol. The zero-order chi connectivity index (χ0) is 51.1. The Kier molecular flexibility index (Phi) is 26.0. The van der Waals surface area contributed by atoms with Crippen molar-refractivity contribution in [3.8, 4) is 0 Å². The van der Waals surface area contributed by atoms with E-state index < -0.39 is 83.8 Å². The van der Waals surface area contributed by atoms with Gasteiger partial charge < -0.3 is 53.9 Å². The Balaban J connectivity index is 2.21. The SMILES string of the molecule is CC(C)C[C@H](NC(=O)[C@H](C)NC(=O)[C@H](C)NC(=O)[C@H](CCCCN)NC(=O)[C@H](Cc1ccccc1)N(C)C)C(=O)N(C)[C@@H](C)C(=O)N(C(=O)[C@@H](N)CC1CCCCC1)[C@H](C=O)CCCN=C(N)N. The number of nitrogens with one attached hydrogen (secondary N) is 4. The number of unbranched alkanes of at least 4 members (excludes halogenated alkanes) is 1. The first-order valence-corrected chi connectivity index (χ1v) is 24.1. The first-order chi connectivity index (χ1) is 32.1. The zero-order valence-corrected chi connectivity index (χ0v) is 41.7. The number of guanidine groups is 1. The summed E-state index contributed by atoms with van der Waals surface area (Å²) in [7, 11) is 4.93. The summed E-state index contributed by atoms with van der Waals surface area (Å²) in [5.41, 5.74) is 24.0. The molecule has 7 amide bonds. The van der Waals surface area contributed by atoms with E-state index in [-0.39, 0.29) is 55.9 Å². The van der Waals surface area contributed by atoms with E-state index in [0.29, 0.717) is 38.5 Å². The minimum Gasteiger partial charge on any atom is -0.370 e. The molecule has 382 valence electrons. The number of likely N-dealkylation sites (N-methyl/N-ethyl adjacent to an activating group) is 2. The van der Waals surface area contributed by atoms with Crippen molar-refractivity contribution in [2.75, 3.05) is 34.2 Å². The van der Waals surface area contributed by atoms with Crippen molar-refractivity contribution in [3.63, 3.8) is 0 Å². The number of carbonyl (C=O) groups is 8. The summed E-state index contributed by atoms with van der Waals surface area (Å²) in [5, 5.41) is 10.8. The van der Waals surface area contributed by atoms with Gasteiger partial charge in [-0.3, -0.25) is 48.4 Å². The van der Waals surface area contributed by atoms with Crippen LogP contribution in [0.25, 0.3) is 0 Å². The molecule has 68 heavy (non-hydrogen) atoms. The van der Waals surface area contributed by atoms with Gasteiger partial charge >= 0.3 is 0 Å². The highest BCUT2D eigenvalue weighted by Crippen LogP contribution is 2.28. The highest BCUT2D eigenvalue weighted by Gasteiger charge is 2.40. The molecule has 0 heterocycles. The molecule has 20 nitrogen and oxygen atoms in total. The average molecular weight is 955 g/mol. The van der Waals surface area contributed by atoms with Crippen molar-refractivity contribution < 1.29 is 38.4 Å². The summed E-state index contributed by atoms with van der Waals surface area (Å²) in [5.74, 6) is -4.60. The topological polar surface area (TPSA) is 311 Å². The molecule has 1 aromatic rings. The number of hydrogen-bond acceptors (Lipinski definition) is 12. The van der Waals surface area contributed by atoms with E-state index in [1.807, 2.05) is 44.2 Å². The predicted molar refractivity (Wildman–Crippen MR) is 262 cm³/mol. The van der Waals surface area contributed by atoms with Gasteiger partial charge in [0, 0.05) is 13.6 Å². The Morgan fingerprint density at radius 1 is 0.735 bits per heavy atom. The number of nitrogens with zero attached hydrogens (tertiary/aromatic N) is 4. The van der Waals surface area contributed by atoms with Crippen molar-refractivity contribution in [3.05, 3.63) is 35.9 Å². The fraction of sp³-hybridized carbons (Fsp3) is 0.688. The largest absolute Gasteiger partial charge is 0.370 e. The van der Waals surface area contributed by atoms with Crippen LogP contribution in [0.2, 0.25) is 0 Å². The summed E-state index contributed by atoms with van der Waals surface area (Å²) < 4.78 is 0. The molecule has 0 bridgehead atoms. The van der Waals surface area contributed by atoms with Crippen LogP contribution < -0.4 is 44.2 Å². The molecule has 0 unspecified atom stereocenters. The second-order valence-corrected chi connectivity index (χ2v) is 18.8. The second-order valence-electron chi connectivity index (χ2n) is 18.8. The summed E-state index contributed by atoms with van der Waals surface area (Å²) in [4.78, 5) is 117. The van der Waals surface area contributed by atoms with Crippen LogP contribution in [-0.2, 0) is 44.8 Å². The Bertz CT molecular complexity index is 1820. The van der Waals surface area contributed by atoms with Crippen LogP contribution in [0.3, 0.4) is 0 Å².